The van der Waals surface area contributed by atoms with Crippen LogP contribution in [0.1, 0.15) is 46.5 Å². The zero-order chi connectivity index (χ0) is 17.0. The summed E-state index contributed by atoms with van der Waals surface area (Å²) in [6, 6.07) is -0.0797. The maximum Gasteiger partial charge on any atom is 0.410 e. The summed E-state index contributed by atoms with van der Waals surface area (Å²) in [5.74, 6) is 0.410. The molecule has 6 heteroatoms. The molecular formula is C17H30N2O4. The van der Waals surface area contributed by atoms with Gasteiger partial charge in [0.25, 0.3) is 0 Å². The van der Waals surface area contributed by atoms with E-state index >= 15 is 0 Å². The van der Waals surface area contributed by atoms with Crippen LogP contribution in [0, 0.1) is 5.92 Å². The summed E-state index contributed by atoms with van der Waals surface area (Å²) < 4.78 is 10.3. The van der Waals surface area contributed by atoms with Gasteiger partial charge in [-0.1, -0.05) is 0 Å². The van der Waals surface area contributed by atoms with Gasteiger partial charge in [0.15, 0.2) is 0 Å². The van der Waals surface area contributed by atoms with Gasteiger partial charge in [-0.15, -0.1) is 0 Å². The molecule has 23 heavy (non-hydrogen) atoms. The molecule has 2 aliphatic rings. The van der Waals surface area contributed by atoms with Crippen molar-refractivity contribution in [3.63, 3.8) is 0 Å². The predicted molar refractivity (Wildman–Crippen MR) is 87.1 cm³/mol. The number of methoxy groups -OCH3 is 1. The third-order valence-corrected chi connectivity index (χ3v) is 4.60. The largest absolute Gasteiger partial charge is 0.468 e. The van der Waals surface area contributed by atoms with Gasteiger partial charge < -0.3 is 14.4 Å². The van der Waals surface area contributed by atoms with Crippen LogP contribution in [0.2, 0.25) is 0 Å². The highest BCUT2D eigenvalue weighted by Crippen LogP contribution is 2.25. The minimum atomic E-state index is -0.447. The number of esters is 1. The van der Waals surface area contributed by atoms with E-state index in [9.17, 15) is 9.59 Å². The van der Waals surface area contributed by atoms with Crippen LogP contribution in [-0.4, -0.2) is 66.8 Å². The molecule has 0 aliphatic carbocycles. The summed E-state index contributed by atoms with van der Waals surface area (Å²) in [6.45, 7) is 9.01. The molecule has 0 radical (unpaired) electrons. The summed E-state index contributed by atoms with van der Waals surface area (Å²) in [4.78, 5) is 27.9. The van der Waals surface area contributed by atoms with Gasteiger partial charge in [0.1, 0.15) is 11.6 Å². The summed E-state index contributed by atoms with van der Waals surface area (Å²) in [6.07, 6.45) is 3.65. The maximum absolute atomic E-state index is 12.1. The SMILES string of the molecule is COC(=O)[C@@H]1CCCN1CC1CCN(C(=O)OC(C)(C)C)CC1. The number of carbonyl (C=O) groups is 2. The highest BCUT2D eigenvalue weighted by Gasteiger charge is 2.34. The van der Waals surface area contributed by atoms with Crippen molar-refractivity contribution in [3.8, 4) is 0 Å². The van der Waals surface area contributed by atoms with E-state index in [1.54, 1.807) is 4.90 Å². The van der Waals surface area contributed by atoms with Gasteiger partial charge in [-0.25, -0.2) is 4.79 Å². The normalized spacial score (nSPS) is 23.8. The number of ether oxygens (including phenoxy) is 2. The van der Waals surface area contributed by atoms with Crippen LogP contribution in [0.4, 0.5) is 4.79 Å². The molecule has 0 N–H and O–H groups in total. The Bertz CT molecular complexity index is 425. The number of amides is 1. The second-order valence-electron chi connectivity index (χ2n) is 7.59. The molecule has 0 unspecified atom stereocenters. The summed E-state index contributed by atoms with van der Waals surface area (Å²) >= 11 is 0. The van der Waals surface area contributed by atoms with Crippen LogP contribution in [0.15, 0.2) is 0 Å². The van der Waals surface area contributed by atoms with Crippen LogP contribution in [-0.2, 0) is 14.3 Å². The Balaban J connectivity index is 1.78. The first-order chi connectivity index (χ1) is 10.8. The molecule has 0 aromatic carbocycles. The first kappa shape index (κ1) is 18.0. The number of nitrogens with zero attached hydrogens (tertiary/aromatic N) is 2. The lowest BCUT2D eigenvalue weighted by atomic mass is 9.96. The number of piperidine rings is 1. The van der Waals surface area contributed by atoms with E-state index in [-0.39, 0.29) is 18.1 Å². The Labute approximate surface area is 139 Å². The fraction of sp³-hybridized carbons (Fsp3) is 0.882. The summed E-state index contributed by atoms with van der Waals surface area (Å²) in [7, 11) is 1.46. The van der Waals surface area contributed by atoms with Crippen LogP contribution in [0.3, 0.4) is 0 Å². The lowest BCUT2D eigenvalue weighted by molar-refractivity contribution is -0.146. The van der Waals surface area contributed by atoms with E-state index in [2.05, 4.69) is 4.90 Å². The molecule has 2 heterocycles. The summed E-state index contributed by atoms with van der Waals surface area (Å²) in [5, 5.41) is 0. The van der Waals surface area contributed by atoms with Gasteiger partial charge in [0.2, 0.25) is 0 Å². The van der Waals surface area contributed by atoms with Gasteiger partial charge in [0, 0.05) is 19.6 Å². The van der Waals surface area contributed by atoms with E-state index in [1.807, 2.05) is 20.8 Å². The Morgan fingerprint density at radius 3 is 2.30 bits per heavy atom. The Morgan fingerprint density at radius 2 is 1.74 bits per heavy atom. The molecule has 1 atom stereocenters. The van der Waals surface area contributed by atoms with Gasteiger partial charge in [0.05, 0.1) is 7.11 Å². The number of rotatable bonds is 3. The van der Waals surface area contributed by atoms with Crippen molar-refractivity contribution in [1.82, 2.24) is 9.80 Å². The predicted octanol–water partition coefficient (Wildman–Crippen LogP) is 2.27. The minimum Gasteiger partial charge on any atom is -0.468 e. The van der Waals surface area contributed by atoms with Crippen LogP contribution in [0.5, 0.6) is 0 Å². The zero-order valence-corrected chi connectivity index (χ0v) is 14.8. The fourth-order valence-electron chi connectivity index (χ4n) is 3.40. The van der Waals surface area contributed by atoms with Crippen LogP contribution < -0.4 is 0 Å². The van der Waals surface area contributed by atoms with Crippen molar-refractivity contribution in [2.45, 2.75) is 58.1 Å². The quantitative estimate of drug-likeness (QED) is 0.745. The average Bonchev–Trinajstić information content (AvgIpc) is 2.93. The molecule has 2 fully saturated rings. The molecule has 0 saturated carbocycles. The second kappa shape index (κ2) is 7.51. The molecular weight excluding hydrogens is 296 g/mol. The van der Waals surface area contributed by atoms with E-state index in [1.165, 1.54) is 7.11 Å². The highest BCUT2D eigenvalue weighted by atomic mass is 16.6. The van der Waals surface area contributed by atoms with Crippen molar-refractivity contribution in [2.24, 2.45) is 5.92 Å². The molecule has 6 nitrogen and oxygen atoms in total. The second-order valence-corrected chi connectivity index (χ2v) is 7.59. The third-order valence-electron chi connectivity index (χ3n) is 4.60. The Hall–Kier alpha value is -1.30. The van der Waals surface area contributed by atoms with Crippen molar-refractivity contribution < 1.29 is 19.1 Å². The zero-order valence-electron chi connectivity index (χ0n) is 14.8. The molecule has 2 saturated heterocycles. The van der Waals surface area contributed by atoms with Gasteiger partial charge in [-0.05, 0) is 58.9 Å². The molecule has 1 amide bonds. The Kier molecular flexibility index (Phi) is 5.89. The molecule has 0 spiro atoms. The number of likely N-dealkylation sites (tertiary alicyclic amines) is 2. The summed E-state index contributed by atoms with van der Waals surface area (Å²) in [5.41, 5.74) is -0.447. The number of hydrogen-bond acceptors (Lipinski definition) is 5. The topological polar surface area (TPSA) is 59.1 Å². The highest BCUT2D eigenvalue weighted by molar-refractivity contribution is 5.76. The van der Waals surface area contributed by atoms with Crippen molar-refractivity contribution in [2.75, 3.05) is 33.3 Å². The first-order valence-electron chi connectivity index (χ1n) is 8.60. The van der Waals surface area contributed by atoms with Gasteiger partial charge in [-0.2, -0.15) is 0 Å². The van der Waals surface area contributed by atoms with Crippen LogP contribution >= 0.6 is 0 Å². The Morgan fingerprint density at radius 1 is 1.09 bits per heavy atom. The minimum absolute atomic E-state index is 0.0797. The van der Waals surface area contributed by atoms with Gasteiger partial charge >= 0.3 is 12.1 Å². The average molecular weight is 326 g/mol. The molecule has 132 valence electrons. The van der Waals surface area contributed by atoms with E-state index in [4.69, 9.17) is 9.47 Å². The van der Waals surface area contributed by atoms with E-state index < -0.39 is 5.60 Å². The maximum atomic E-state index is 12.1. The van der Waals surface area contributed by atoms with Crippen molar-refractivity contribution in [1.29, 1.82) is 0 Å². The lowest BCUT2D eigenvalue weighted by Crippen LogP contribution is -2.45. The van der Waals surface area contributed by atoms with Crippen LogP contribution in [0.25, 0.3) is 0 Å². The smallest absolute Gasteiger partial charge is 0.410 e. The van der Waals surface area contributed by atoms with E-state index in [0.717, 1.165) is 51.9 Å². The molecule has 0 aromatic rings. The standard InChI is InChI=1S/C17H30N2O4/c1-17(2,3)23-16(21)18-10-7-13(8-11-18)12-19-9-5-6-14(19)15(20)22-4/h13-14H,5-12H2,1-4H3/t14-/m0/s1. The third kappa shape index (κ3) is 5.09. The number of carbonyl (C=O) groups excluding carboxylic acids is 2. The molecule has 0 bridgehead atoms. The first-order valence-corrected chi connectivity index (χ1v) is 8.60. The molecule has 2 aliphatic heterocycles. The van der Waals surface area contributed by atoms with Crippen molar-refractivity contribution >= 4 is 12.1 Å². The molecule has 0 aromatic heterocycles. The fourth-order valence-corrected chi connectivity index (χ4v) is 3.40. The molecule has 2 rings (SSSR count). The lowest BCUT2D eigenvalue weighted by Gasteiger charge is -2.35. The van der Waals surface area contributed by atoms with E-state index in [0.29, 0.717) is 5.92 Å². The monoisotopic (exact) mass is 326 g/mol. The van der Waals surface area contributed by atoms with Crippen molar-refractivity contribution in [3.05, 3.63) is 0 Å². The van der Waals surface area contributed by atoms with Gasteiger partial charge in [-0.3, -0.25) is 9.69 Å². The number of hydrogen-bond donors (Lipinski definition) is 0.